The van der Waals surface area contributed by atoms with Crippen molar-refractivity contribution in [3.63, 3.8) is 0 Å². The molecule has 2 aromatic rings. The van der Waals surface area contributed by atoms with Gasteiger partial charge in [0, 0.05) is 25.2 Å². The van der Waals surface area contributed by atoms with E-state index in [2.05, 4.69) is 25.7 Å². The van der Waals surface area contributed by atoms with Gasteiger partial charge in [-0.2, -0.15) is 5.10 Å². The Kier molecular flexibility index (Phi) is 5.45. The average molecular weight is 357 g/mol. The van der Waals surface area contributed by atoms with Crippen molar-refractivity contribution in [2.75, 3.05) is 6.54 Å². The van der Waals surface area contributed by atoms with E-state index < -0.39 is 4.92 Å². The Labute approximate surface area is 151 Å². The Morgan fingerprint density at radius 2 is 2.35 bits per heavy atom. The van der Waals surface area contributed by atoms with Gasteiger partial charge >= 0.3 is 0 Å². The number of aromatic nitrogens is 3. The van der Waals surface area contributed by atoms with Gasteiger partial charge in [0.1, 0.15) is 11.6 Å². The van der Waals surface area contributed by atoms with Crippen LogP contribution in [0.15, 0.2) is 29.3 Å². The molecule has 0 amide bonds. The van der Waals surface area contributed by atoms with Crippen LogP contribution < -0.4 is 10.6 Å². The molecule has 0 bridgehead atoms. The van der Waals surface area contributed by atoms with Crippen molar-refractivity contribution in [1.29, 1.82) is 0 Å². The van der Waals surface area contributed by atoms with E-state index in [1.54, 1.807) is 12.1 Å². The van der Waals surface area contributed by atoms with Crippen molar-refractivity contribution in [3.05, 3.63) is 51.6 Å². The Balaban J connectivity index is 1.74. The second-order valence-corrected chi connectivity index (χ2v) is 6.20. The Hall–Kier alpha value is -2.97. The van der Waals surface area contributed by atoms with Crippen molar-refractivity contribution in [1.82, 2.24) is 25.4 Å². The monoisotopic (exact) mass is 357 g/mol. The molecule has 1 aliphatic rings. The maximum atomic E-state index is 10.9. The number of hydrogen-bond acceptors (Lipinski definition) is 5. The van der Waals surface area contributed by atoms with E-state index in [1.165, 1.54) is 6.07 Å². The first-order valence-corrected chi connectivity index (χ1v) is 8.76. The first kappa shape index (κ1) is 17.8. The zero-order valence-corrected chi connectivity index (χ0v) is 15.0. The predicted molar refractivity (Wildman–Crippen MR) is 97.8 cm³/mol. The quantitative estimate of drug-likeness (QED) is 0.367. The van der Waals surface area contributed by atoms with Crippen LogP contribution in [0.5, 0.6) is 0 Å². The van der Waals surface area contributed by atoms with Gasteiger partial charge in [-0.15, -0.1) is 0 Å². The van der Waals surface area contributed by atoms with Crippen LogP contribution in [-0.4, -0.2) is 32.2 Å². The highest BCUT2D eigenvalue weighted by molar-refractivity contribution is 5.80. The zero-order chi connectivity index (χ0) is 18.5. The summed E-state index contributed by atoms with van der Waals surface area (Å²) in [5.74, 6) is 2.36. The molecule has 1 aromatic heterocycles. The number of guanidine groups is 1. The van der Waals surface area contributed by atoms with Crippen LogP contribution in [0.25, 0.3) is 0 Å². The van der Waals surface area contributed by atoms with Crippen molar-refractivity contribution in [3.8, 4) is 0 Å². The van der Waals surface area contributed by atoms with E-state index in [-0.39, 0.29) is 11.7 Å². The van der Waals surface area contributed by atoms with Crippen LogP contribution in [0.3, 0.4) is 0 Å². The average Bonchev–Trinajstić information content (AvgIpc) is 3.01. The molecule has 26 heavy (non-hydrogen) atoms. The van der Waals surface area contributed by atoms with Gasteiger partial charge < -0.3 is 10.6 Å². The second kappa shape index (κ2) is 7.94. The minimum Gasteiger partial charge on any atom is -0.357 e. The molecule has 3 rings (SSSR count). The van der Waals surface area contributed by atoms with E-state index >= 15 is 0 Å². The van der Waals surface area contributed by atoms with E-state index in [1.807, 2.05) is 24.6 Å². The lowest BCUT2D eigenvalue weighted by molar-refractivity contribution is -0.384. The fraction of sp³-hybridized carbons (Fsp3) is 0.471. The Bertz CT molecular complexity index is 815. The number of non-ortho nitro benzene ring substituents is 1. The van der Waals surface area contributed by atoms with Gasteiger partial charge in [0.2, 0.25) is 0 Å². The lowest BCUT2D eigenvalue weighted by Crippen LogP contribution is -2.41. The third kappa shape index (κ3) is 4.16. The smallest absolute Gasteiger partial charge is 0.269 e. The van der Waals surface area contributed by atoms with Gasteiger partial charge in [0.25, 0.3) is 5.69 Å². The SMILES string of the molecule is CCNC(=NCc1cccc([N+](=O)[O-])c1)NC1CCCn2nc(C)nc21. The summed E-state index contributed by atoms with van der Waals surface area (Å²) >= 11 is 0. The summed E-state index contributed by atoms with van der Waals surface area (Å²) < 4.78 is 1.95. The fourth-order valence-corrected chi connectivity index (χ4v) is 3.03. The molecule has 2 N–H and O–H groups in total. The summed E-state index contributed by atoms with van der Waals surface area (Å²) in [6.07, 6.45) is 1.98. The summed E-state index contributed by atoms with van der Waals surface area (Å²) in [4.78, 5) is 19.6. The molecule has 1 unspecified atom stereocenters. The lowest BCUT2D eigenvalue weighted by Gasteiger charge is -2.25. The second-order valence-electron chi connectivity index (χ2n) is 6.20. The number of rotatable bonds is 5. The van der Waals surface area contributed by atoms with E-state index in [4.69, 9.17) is 0 Å². The van der Waals surface area contributed by atoms with Crippen LogP contribution in [-0.2, 0) is 13.1 Å². The van der Waals surface area contributed by atoms with Gasteiger partial charge in [-0.3, -0.25) is 10.1 Å². The number of nitro benzene ring substituents is 1. The molecule has 138 valence electrons. The number of fused-ring (bicyclic) bond motifs is 1. The normalized spacial score (nSPS) is 16.8. The van der Waals surface area contributed by atoms with Crippen LogP contribution in [0.1, 0.15) is 43.0 Å². The van der Waals surface area contributed by atoms with E-state index in [0.717, 1.165) is 43.1 Å². The Morgan fingerprint density at radius 3 is 3.12 bits per heavy atom. The predicted octanol–water partition coefficient (Wildman–Crippen LogP) is 2.08. The maximum Gasteiger partial charge on any atom is 0.269 e. The number of hydrogen-bond donors (Lipinski definition) is 2. The number of aryl methyl sites for hydroxylation is 2. The topological polar surface area (TPSA) is 110 Å². The zero-order valence-electron chi connectivity index (χ0n) is 15.0. The molecule has 9 nitrogen and oxygen atoms in total. The number of benzene rings is 1. The van der Waals surface area contributed by atoms with Crippen LogP contribution in [0.2, 0.25) is 0 Å². The number of nitro groups is 1. The standard InChI is InChI=1S/C17H23N7O2/c1-3-18-17(19-11-13-6-4-7-14(10-13)24(25)26)21-15-8-5-9-23-16(15)20-12(2)22-23/h4,6-7,10,15H,3,5,8-9,11H2,1-2H3,(H2,18,19,21). The van der Waals surface area contributed by atoms with Crippen molar-refractivity contribution >= 4 is 11.6 Å². The van der Waals surface area contributed by atoms with Crippen molar-refractivity contribution in [2.24, 2.45) is 4.99 Å². The molecule has 9 heteroatoms. The van der Waals surface area contributed by atoms with Gasteiger partial charge in [-0.05, 0) is 32.3 Å². The summed E-state index contributed by atoms with van der Waals surface area (Å²) in [7, 11) is 0. The summed E-state index contributed by atoms with van der Waals surface area (Å²) in [5, 5.41) is 22.0. The Morgan fingerprint density at radius 1 is 1.50 bits per heavy atom. The number of nitrogens with zero attached hydrogens (tertiary/aromatic N) is 5. The summed E-state index contributed by atoms with van der Waals surface area (Å²) in [6.45, 7) is 5.85. The van der Waals surface area contributed by atoms with E-state index in [9.17, 15) is 10.1 Å². The number of nitrogens with one attached hydrogen (secondary N) is 2. The highest BCUT2D eigenvalue weighted by atomic mass is 16.6. The highest BCUT2D eigenvalue weighted by Crippen LogP contribution is 2.22. The minimum atomic E-state index is -0.395. The van der Waals surface area contributed by atoms with Crippen molar-refractivity contribution < 1.29 is 4.92 Å². The minimum absolute atomic E-state index is 0.0489. The van der Waals surface area contributed by atoms with E-state index in [0.29, 0.717) is 12.5 Å². The van der Waals surface area contributed by atoms with Crippen LogP contribution in [0, 0.1) is 17.0 Å². The molecule has 2 heterocycles. The number of aliphatic imine (C=N–C) groups is 1. The van der Waals surface area contributed by atoms with Crippen molar-refractivity contribution in [2.45, 2.75) is 45.8 Å². The summed E-state index contributed by atoms with van der Waals surface area (Å²) in [6, 6.07) is 6.59. The lowest BCUT2D eigenvalue weighted by atomic mass is 10.1. The molecule has 1 atom stereocenters. The molecule has 1 aromatic carbocycles. The van der Waals surface area contributed by atoms with Gasteiger partial charge in [0.05, 0.1) is 17.5 Å². The molecule has 0 saturated carbocycles. The third-order valence-corrected chi connectivity index (χ3v) is 4.18. The largest absolute Gasteiger partial charge is 0.357 e. The first-order chi connectivity index (χ1) is 12.6. The van der Waals surface area contributed by atoms with Gasteiger partial charge in [-0.25, -0.2) is 14.7 Å². The molecule has 0 spiro atoms. The molecule has 0 aliphatic carbocycles. The van der Waals surface area contributed by atoms with Crippen LogP contribution >= 0.6 is 0 Å². The van der Waals surface area contributed by atoms with Gasteiger partial charge in [0.15, 0.2) is 5.96 Å². The maximum absolute atomic E-state index is 10.9. The molecule has 0 radical (unpaired) electrons. The molecule has 0 fully saturated rings. The molecule has 1 aliphatic heterocycles. The molecular formula is C17H23N7O2. The summed E-state index contributed by atoms with van der Waals surface area (Å²) in [5.41, 5.74) is 0.866. The highest BCUT2D eigenvalue weighted by Gasteiger charge is 2.24. The third-order valence-electron chi connectivity index (χ3n) is 4.18. The van der Waals surface area contributed by atoms with Gasteiger partial charge in [-0.1, -0.05) is 12.1 Å². The first-order valence-electron chi connectivity index (χ1n) is 8.76. The molecular weight excluding hydrogens is 334 g/mol. The fourth-order valence-electron chi connectivity index (χ4n) is 3.03. The van der Waals surface area contributed by atoms with Crippen LogP contribution in [0.4, 0.5) is 5.69 Å². The molecule has 0 saturated heterocycles.